The molecule has 0 saturated heterocycles. The summed E-state index contributed by atoms with van der Waals surface area (Å²) >= 11 is 0. The quantitative estimate of drug-likeness (QED) is 0.333. The van der Waals surface area contributed by atoms with E-state index in [0.29, 0.717) is 0 Å². The van der Waals surface area contributed by atoms with Gasteiger partial charge in [0.2, 0.25) is 0 Å². The molecule has 2 atom stereocenters. The van der Waals surface area contributed by atoms with Gasteiger partial charge in [-0.15, -0.1) is 10.1 Å². The zero-order valence-electron chi connectivity index (χ0n) is 10.4. The molecular formula is C12H13NO6. The van der Waals surface area contributed by atoms with E-state index in [1.54, 1.807) is 18.2 Å². The van der Waals surface area contributed by atoms with Gasteiger partial charge in [0.15, 0.2) is 11.9 Å². The molecule has 19 heavy (non-hydrogen) atoms. The summed E-state index contributed by atoms with van der Waals surface area (Å²) in [5, 5.41) is 9.35. The van der Waals surface area contributed by atoms with Crippen LogP contribution in [0, 0.1) is 16.0 Å². The number of methoxy groups -OCH3 is 1. The Morgan fingerprint density at radius 3 is 2.32 bits per heavy atom. The minimum Gasteiger partial charge on any atom is -0.469 e. The van der Waals surface area contributed by atoms with Crippen molar-refractivity contribution in [2.45, 2.75) is 13.0 Å². The van der Waals surface area contributed by atoms with Crippen molar-refractivity contribution in [1.29, 1.82) is 0 Å². The Balaban J connectivity index is 3.00. The molecular weight excluding hydrogens is 254 g/mol. The van der Waals surface area contributed by atoms with Gasteiger partial charge in [-0.25, -0.2) is 0 Å². The van der Waals surface area contributed by atoms with Gasteiger partial charge in [0, 0.05) is 5.56 Å². The lowest BCUT2D eigenvalue weighted by Crippen LogP contribution is -2.37. The van der Waals surface area contributed by atoms with Crippen molar-refractivity contribution in [2.75, 3.05) is 7.11 Å². The number of rotatable bonds is 6. The maximum atomic E-state index is 12.1. The molecule has 2 unspecified atom stereocenters. The molecule has 0 aromatic heterocycles. The highest BCUT2D eigenvalue weighted by Crippen LogP contribution is 2.16. The van der Waals surface area contributed by atoms with Crippen molar-refractivity contribution in [1.82, 2.24) is 0 Å². The Morgan fingerprint density at radius 2 is 1.84 bits per heavy atom. The number of hydrogen-bond acceptors (Lipinski definition) is 6. The van der Waals surface area contributed by atoms with Crippen LogP contribution in [0.2, 0.25) is 0 Å². The summed E-state index contributed by atoms with van der Waals surface area (Å²) in [4.78, 5) is 38.3. The van der Waals surface area contributed by atoms with Crippen LogP contribution in [-0.4, -0.2) is 30.1 Å². The van der Waals surface area contributed by atoms with E-state index in [9.17, 15) is 19.7 Å². The number of carbonyl (C=O) groups excluding carboxylic acids is 2. The molecule has 0 aliphatic rings. The molecule has 7 nitrogen and oxygen atoms in total. The maximum absolute atomic E-state index is 12.1. The molecule has 0 aliphatic heterocycles. The van der Waals surface area contributed by atoms with Gasteiger partial charge in [0.05, 0.1) is 13.0 Å². The number of ketones is 1. The fraction of sp³-hybridized carbons (Fsp3) is 0.333. The van der Waals surface area contributed by atoms with Crippen molar-refractivity contribution in [3.05, 3.63) is 46.0 Å². The van der Waals surface area contributed by atoms with Crippen LogP contribution in [0.5, 0.6) is 0 Å². The fourth-order valence-electron chi connectivity index (χ4n) is 1.54. The minimum atomic E-state index is -1.52. The number of esters is 1. The highest BCUT2D eigenvalue weighted by atomic mass is 17.0. The molecule has 0 N–H and O–H groups in total. The number of carbonyl (C=O) groups is 2. The molecule has 0 bridgehead atoms. The Hall–Kier alpha value is -2.44. The Kier molecular flexibility index (Phi) is 4.99. The van der Waals surface area contributed by atoms with E-state index in [0.717, 1.165) is 7.11 Å². The van der Waals surface area contributed by atoms with Gasteiger partial charge in [-0.05, 0) is 6.92 Å². The van der Waals surface area contributed by atoms with Crippen molar-refractivity contribution >= 4 is 11.8 Å². The van der Waals surface area contributed by atoms with Crippen LogP contribution in [0.1, 0.15) is 17.3 Å². The fourth-order valence-corrected chi connectivity index (χ4v) is 1.54. The molecule has 0 amide bonds. The summed E-state index contributed by atoms with van der Waals surface area (Å²) < 4.78 is 4.47. The lowest BCUT2D eigenvalue weighted by molar-refractivity contribution is -0.765. The van der Waals surface area contributed by atoms with Crippen LogP contribution in [0.25, 0.3) is 0 Å². The first-order valence-corrected chi connectivity index (χ1v) is 5.45. The van der Waals surface area contributed by atoms with Gasteiger partial charge in [0.1, 0.15) is 0 Å². The van der Waals surface area contributed by atoms with Crippen LogP contribution < -0.4 is 0 Å². The van der Waals surface area contributed by atoms with E-state index < -0.39 is 28.9 Å². The Morgan fingerprint density at radius 1 is 1.26 bits per heavy atom. The third-order valence-corrected chi connectivity index (χ3v) is 2.54. The zero-order chi connectivity index (χ0) is 14.4. The summed E-state index contributed by atoms with van der Waals surface area (Å²) in [6.07, 6.45) is -1.52. The predicted molar refractivity (Wildman–Crippen MR) is 63.8 cm³/mol. The number of benzene rings is 1. The van der Waals surface area contributed by atoms with Gasteiger partial charge in [-0.1, -0.05) is 30.3 Å². The second-order valence-electron chi connectivity index (χ2n) is 3.79. The molecule has 1 aromatic carbocycles. The molecule has 0 heterocycles. The van der Waals surface area contributed by atoms with Crippen LogP contribution >= 0.6 is 0 Å². The summed E-state index contributed by atoms with van der Waals surface area (Å²) in [5.41, 5.74) is 0.227. The SMILES string of the molecule is COC(=O)C(C)C(O[N+](=O)[O-])C(=O)c1ccccc1. The van der Waals surface area contributed by atoms with E-state index in [2.05, 4.69) is 9.57 Å². The zero-order valence-corrected chi connectivity index (χ0v) is 10.4. The number of Topliss-reactive ketones (excluding diaryl/α,β-unsaturated/α-hetero) is 1. The largest absolute Gasteiger partial charge is 0.469 e. The van der Waals surface area contributed by atoms with Crippen molar-refractivity contribution in [2.24, 2.45) is 5.92 Å². The van der Waals surface area contributed by atoms with Crippen molar-refractivity contribution in [3.8, 4) is 0 Å². The predicted octanol–water partition coefficient (Wildman–Crippen LogP) is 1.26. The molecule has 0 aliphatic carbocycles. The smallest absolute Gasteiger partial charge is 0.311 e. The van der Waals surface area contributed by atoms with E-state index in [4.69, 9.17) is 0 Å². The lowest BCUT2D eigenvalue weighted by atomic mass is 9.96. The average Bonchev–Trinajstić information content (AvgIpc) is 2.43. The first-order chi connectivity index (χ1) is 8.97. The van der Waals surface area contributed by atoms with Crippen molar-refractivity contribution in [3.63, 3.8) is 0 Å². The first kappa shape index (κ1) is 14.6. The number of ether oxygens (including phenoxy) is 1. The lowest BCUT2D eigenvalue weighted by Gasteiger charge is -2.18. The summed E-state index contributed by atoms with van der Waals surface area (Å²) in [5.74, 6) is -2.48. The Labute approximate surface area is 109 Å². The van der Waals surface area contributed by atoms with Crippen LogP contribution in [0.4, 0.5) is 0 Å². The highest BCUT2D eigenvalue weighted by Gasteiger charge is 2.34. The monoisotopic (exact) mass is 267 g/mol. The average molecular weight is 267 g/mol. The minimum absolute atomic E-state index is 0.227. The second-order valence-corrected chi connectivity index (χ2v) is 3.79. The molecule has 1 aromatic rings. The summed E-state index contributed by atoms with van der Waals surface area (Å²) in [7, 11) is 1.13. The van der Waals surface area contributed by atoms with Crippen LogP contribution in [-0.2, 0) is 14.4 Å². The van der Waals surface area contributed by atoms with Gasteiger partial charge in [-0.3, -0.25) is 9.59 Å². The van der Waals surface area contributed by atoms with E-state index in [1.165, 1.54) is 19.1 Å². The molecule has 0 radical (unpaired) electrons. The Bertz CT molecular complexity index is 472. The molecule has 0 fully saturated rings. The molecule has 102 valence electrons. The molecule has 7 heteroatoms. The van der Waals surface area contributed by atoms with Crippen LogP contribution in [0.15, 0.2) is 30.3 Å². The maximum Gasteiger partial charge on any atom is 0.311 e. The molecule has 1 rings (SSSR count). The number of hydrogen-bond donors (Lipinski definition) is 0. The van der Waals surface area contributed by atoms with E-state index in [-0.39, 0.29) is 5.56 Å². The standard InChI is InChI=1S/C12H13NO6/c1-8(12(15)18-2)11(19-13(16)17)10(14)9-6-4-3-5-7-9/h3-8,11H,1-2H3. The van der Waals surface area contributed by atoms with E-state index >= 15 is 0 Å². The third kappa shape index (κ3) is 3.77. The van der Waals surface area contributed by atoms with Crippen molar-refractivity contribution < 1.29 is 24.3 Å². The number of nitrogens with zero attached hydrogens (tertiary/aromatic N) is 1. The van der Waals surface area contributed by atoms with Gasteiger partial charge < -0.3 is 9.57 Å². The normalized spacial score (nSPS) is 13.2. The topological polar surface area (TPSA) is 95.7 Å². The summed E-state index contributed by atoms with van der Waals surface area (Å²) in [6, 6.07) is 7.90. The highest BCUT2D eigenvalue weighted by molar-refractivity contribution is 6.01. The second kappa shape index (κ2) is 6.48. The molecule has 0 saturated carbocycles. The van der Waals surface area contributed by atoms with E-state index in [1.807, 2.05) is 0 Å². The summed E-state index contributed by atoms with van der Waals surface area (Å²) in [6.45, 7) is 1.33. The first-order valence-electron chi connectivity index (χ1n) is 5.45. The third-order valence-electron chi connectivity index (χ3n) is 2.54. The van der Waals surface area contributed by atoms with Gasteiger partial charge in [-0.2, -0.15) is 0 Å². The van der Waals surface area contributed by atoms with Crippen LogP contribution in [0.3, 0.4) is 0 Å². The van der Waals surface area contributed by atoms with Gasteiger partial charge >= 0.3 is 5.97 Å². The molecule has 0 spiro atoms. The van der Waals surface area contributed by atoms with Gasteiger partial charge in [0.25, 0.3) is 5.09 Å².